The predicted molar refractivity (Wildman–Crippen MR) is 86.6 cm³/mol. The Kier molecular flexibility index (Phi) is 5.48. The summed E-state index contributed by atoms with van der Waals surface area (Å²) in [5, 5.41) is 4.33. The lowest BCUT2D eigenvalue weighted by Gasteiger charge is -2.33. The van der Waals surface area contributed by atoms with Crippen LogP contribution in [0.4, 0.5) is 0 Å². The monoisotopic (exact) mass is 304 g/mol. The van der Waals surface area contributed by atoms with Crippen molar-refractivity contribution in [3.05, 3.63) is 18.5 Å². The number of carbonyl (C=O) groups excluding carboxylic acids is 1. The van der Waals surface area contributed by atoms with Gasteiger partial charge in [-0.3, -0.25) is 9.48 Å². The molecule has 0 spiro atoms. The second kappa shape index (κ2) is 7.77. The van der Waals surface area contributed by atoms with Crippen LogP contribution >= 0.6 is 0 Å². The third-order valence-electron chi connectivity index (χ3n) is 4.96. The number of likely N-dealkylation sites (tertiary alicyclic amines) is 2. The Morgan fingerprint density at radius 3 is 2.77 bits per heavy atom. The van der Waals surface area contributed by atoms with Crippen molar-refractivity contribution in [2.45, 2.75) is 51.0 Å². The highest BCUT2D eigenvalue weighted by molar-refractivity contribution is 5.76. The molecule has 1 amide bonds. The standard InChI is InChI=1S/C17H28N4O/c22-17(8-1-2-10-19-11-3-4-12-19)20-13-5-7-16(15-20)21-14-6-9-18-21/h6,9,14,16H,1-5,7-8,10-13,15H2. The zero-order valence-corrected chi connectivity index (χ0v) is 13.5. The summed E-state index contributed by atoms with van der Waals surface area (Å²) in [5.74, 6) is 0.332. The van der Waals surface area contributed by atoms with Gasteiger partial charge in [0.05, 0.1) is 6.04 Å². The van der Waals surface area contributed by atoms with Crippen LogP contribution in [0.2, 0.25) is 0 Å². The van der Waals surface area contributed by atoms with Crippen LogP contribution in [0.25, 0.3) is 0 Å². The van der Waals surface area contributed by atoms with Crippen molar-refractivity contribution in [2.75, 3.05) is 32.7 Å². The van der Waals surface area contributed by atoms with E-state index in [4.69, 9.17) is 0 Å². The Morgan fingerprint density at radius 2 is 2.00 bits per heavy atom. The van der Waals surface area contributed by atoms with Crippen LogP contribution < -0.4 is 0 Å². The van der Waals surface area contributed by atoms with Gasteiger partial charge in [-0.25, -0.2) is 0 Å². The smallest absolute Gasteiger partial charge is 0.222 e. The maximum absolute atomic E-state index is 12.4. The van der Waals surface area contributed by atoms with Gasteiger partial charge in [-0.05, 0) is 64.2 Å². The average molecular weight is 304 g/mol. The van der Waals surface area contributed by atoms with E-state index in [2.05, 4.69) is 10.00 Å². The topological polar surface area (TPSA) is 41.4 Å². The molecule has 0 radical (unpaired) electrons. The summed E-state index contributed by atoms with van der Waals surface area (Å²) in [4.78, 5) is 17.0. The molecule has 0 bridgehead atoms. The zero-order valence-electron chi connectivity index (χ0n) is 13.5. The van der Waals surface area contributed by atoms with Gasteiger partial charge >= 0.3 is 0 Å². The number of piperidine rings is 1. The molecule has 0 N–H and O–H groups in total. The molecule has 3 rings (SSSR count). The maximum Gasteiger partial charge on any atom is 0.222 e. The van der Waals surface area contributed by atoms with E-state index in [1.165, 1.54) is 32.5 Å². The fraction of sp³-hybridized carbons (Fsp3) is 0.765. The first-order chi connectivity index (χ1) is 10.8. The van der Waals surface area contributed by atoms with Crippen molar-refractivity contribution in [1.82, 2.24) is 19.6 Å². The van der Waals surface area contributed by atoms with E-state index >= 15 is 0 Å². The largest absolute Gasteiger partial charge is 0.341 e. The third-order valence-corrected chi connectivity index (χ3v) is 4.96. The summed E-state index contributed by atoms with van der Waals surface area (Å²) >= 11 is 0. The maximum atomic E-state index is 12.4. The molecule has 1 atom stereocenters. The van der Waals surface area contributed by atoms with E-state index in [0.717, 1.165) is 38.8 Å². The number of rotatable bonds is 6. The van der Waals surface area contributed by atoms with E-state index in [-0.39, 0.29) is 0 Å². The Hall–Kier alpha value is -1.36. The van der Waals surface area contributed by atoms with Crippen LogP contribution in [-0.4, -0.2) is 58.2 Å². The first-order valence-electron chi connectivity index (χ1n) is 8.82. The molecule has 1 aromatic rings. The second-order valence-electron chi connectivity index (χ2n) is 6.63. The highest BCUT2D eigenvalue weighted by Crippen LogP contribution is 2.21. The molecule has 2 aliphatic rings. The molecule has 0 saturated carbocycles. The average Bonchev–Trinajstić information content (AvgIpc) is 3.24. The third kappa shape index (κ3) is 4.09. The normalized spacial score (nSPS) is 23.1. The molecule has 1 aromatic heterocycles. The second-order valence-corrected chi connectivity index (χ2v) is 6.63. The van der Waals surface area contributed by atoms with Crippen molar-refractivity contribution in [3.63, 3.8) is 0 Å². The summed E-state index contributed by atoms with van der Waals surface area (Å²) in [6.07, 6.45) is 11.6. The van der Waals surface area contributed by atoms with Gasteiger partial charge in [-0.1, -0.05) is 0 Å². The number of hydrogen-bond donors (Lipinski definition) is 0. The van der Waals surface area contributed by atoms with Crippen LogP contribution in [0.1, 0.15) is 51.0 Å². The molecule has 122 valence electrons. The van der Waals surface area contributed by atoms with E-state index < -0.39 is 0 Å². The summed E-state index contributed by atoms with van der Waals surface area (Å²) in [6, 6.07) is 2.32. The summed E-state index contributed by atoms with van der Waals surface area (Å²) in [5.41, 5.74) is 0. The predicted octanol–water partition coefficient (Wildman–Crippen LogP) is 2.31. The lowest BCUT2D eigenvalue weighted by Crippen LogP contribution is -2.40. The number of amides is 1. The van der Waals surface area contributed by atoms with Crippen molar-refractivity contribution >= 4 is 5.91 Å². The molecular weight excluding hydrogens is 276 g/mol. The number of nitrogens with zero attached hydrogens (tertiary/aromatic N) is 4. The molecule has 5 nitrogen and oxygen atoms in total. The molecule has 3 heterocycles. The first-order valence-corrected chi connectivity index (χ1v) is 8.82. The van der Waals surface area contributed by atoms with Crippen molar-refractivity contribution in [3.8, 4) is 0 Å². The van der Waals surface area contributed by atoms with Crippen LogP contribution in [-0.2, 0) is 4.79 Å². The first kappa shape index (κ1) is 15.5. The molecule has 2 aliphatic heterocycles. The van der Waals surface area contributed by atoms with Crippen LogP contribution in [0, 0.1) is 0 Å². The SMILES string of the molecule is O=C(CCCCN1CCCC1)N1CCCC(n2cccn2)C1. The summed E-state index contributed by atoms with van der Waals surface area (Å²) < 4.78 is 2.01. The zero-order chi connectivity index (χ0) is 15.2. The van der Waals surface area contributed by atoms with Crippen molar-refractivity contribution in [2.24, 2.45) is 0 Å². The highest BCUT2D eigenvalue weighted by atomic mass is 16.2. The van der Waals surface area contributed by atoms with Crippen molar-refractivity contribution in [1.29, 1.82) is 0 Å². The molecule has 5 heteroatoms. The van der Waals surface area contributed by atoms with Gasteiger partial charge in [0.15, 0.2) is 0 Å². The van der Waals surface area contributed by atoms with Gasteiger partial charge in [0.25, 0.3) is 0 Å². The van der Waals surface area contributed by atoms with Crippen LogP contribution in [0.3, 0.4) is 0 Å². The van der Waals surface area contributed by atoms with Gasteiger partial charge in [-0.15, -0.1) is 0 Å². The van der Waals surface area contributed by atoms with E-state index in [1.807, 2.05) is 28.0 Å². The Balaban J connectivity index is 1.37. The van der Waals surface area contributed by atoms with Gasteiger partial charge in [0, 0.05) is 31.9 Å². The molecule has 1 unspecified atom stereocenters. The molecule has 2 fully saturated rings. The van der Waals surface area contributed by atoms with Crippen molar-refractivity contribution < 1.29 is 4.79 Å². The van der Waals surface area contributed by atoms with Gasteiger partial charge in [-0.2, -0.15) is 5.10 Å². The Labute approximate surface area is 133 Å². The van der Waals surface area contributed by atoms with Gasteiger partial charge in [0.2, 0.25) is 5.91 Å². The Morgan fingerprint density at radius 1 is 1.14 bits per heavy atom. The lowest BCUT2D eigenvalue weighted by atomic mass is 10.1. The fourth-order valence-electron chi connectivity index (χ4n) is 3.67. The van der Waals surface area contributed by atoms with Gasteiger partial charge in [0.1, 0.15) is 0 Å². The van der Waals surface area contributed by atoms with Gasteiger partial charge < -0.3 is 9.80 Å². The molecular formula is C17H28N4O. The molecule has 22 heavy (non-hydrogen) atoms. The van der Waals surface area contributed by atoms with Crippen LogP contribution in [0.15, 0.2) is 18.5 Å². The van der Waals surface area contributed by atoms with E-state index in [1.54, 1.807) is 0 Å². The minimum atomic E-state index is 0.332. The van der Waals surface area contributed by atoms with E-state index in [0.29, 0.717) is 18.4 Å². The molecule has 0 aromatic carbocycles. The number of hydrogen-bond acceptors (Lipinski definition) is 3. The summed E-state index contributed by atoms with van der Waals surface area (Å²) in [7, 11) is 0. The minimum Gasteiger partial charge on any atom is -0.341 e. The quantitative estimate of drug-likeness (QED) is 0.757. The lowest BCUT2D eigenvalue weighted by molar-refractivity contribution is -0.133. The number of unbranched alkanes of at least 4 members (excludes halogenated alkanes) is 1. The molecule has 2 saturated heterocycles. The summed E-state index contributed by atoms with van der Waals surface area (Å²) in [6.45, 7) is 5.43. The Bertz CT molecular complexity index is 453. The minimum absolute atomic E-state index is 0.332. The molecule has 0 aliphatic carbocycles. The van der Waals surface area contributed by atoms with E-state index in [9.17, 15) is 4.79 Å². The number of aromatic nitrogens is 2. The number of carbonyl (C=O) groups is 1. The van der Waals surface area contributed by atoms with Crippen LogP contribution in [0.5, 0.6) is 0 Å². The fourth-order valence-corrected chi connectivity index (χ4v) is 3.67. The highest BCUT2D eigenvalue weighted by Gasteiger charge is 2.24.